The van der Waals surface area contributed by atoms with E-state index in [4.69, 9.17) is 5.11 Å². The van der Waals surface area contributed by atoms with Gasteiger partial charge in [0.25, 0.3) is 0 Å². The molecular formula is C13H15F2NO4S. The van der Waals surface area contributed by atoms with Gasteiger partial charge in [0.1, 0.15) is 6.04 Å². The lowest BCUT2D eigenvalue weighted by atomic mass is 10.1. The fourth-order valence-electron chi connectivity index (χ4n) is 2.36. The number of aryl methyl sites for hydroxylation is 1. The van der Waals surface area contributed by atoms with Crippen molar-refractivity contribution in [1.82, 2.24) is 4.31 Å². The third-order valence-electron chi connectivity index (χ3n) is 3.56. The molecular weight excluding hydrogens is 304 g/mol. The second kappa shape index (κ2) is 5.69. The molecule has 0 amide bonds. The fourth-order valence-corrected chi connectivity index (χ4v) is 4.00. The summed E-state index contributed by atoms with van der Waals surface area (Å²) in [7, 11) is -4.10. The molecule has 5 nitrogen and oxygen atoms in total. The lowest BCUT2D eigenvalue weighted by molar-refractivity contribution is -0.140. The summed E-state index contributed by atoms with van der Waals surface area (Å²) in [6.07, 6.45) is -3.12. The Labute approximate surface area is 121 Å². The Morgan fingerprint density at radius 1 is 1.33 bits per heavy atom. The number of alkyl halides is 2. The molecule has 2 atom stereocenters. The van der Waals surface area contributed by atoms with Crippen LogP contribution in [0.1, 0.15) is 12.0 Å². The number of carboxylic acid groups (broad SMARTS) is 1. The maximum absolute atomic E-state index is 12.8. The van der Waals surface area contributed by atoms with Crippen molar-refractivity contribution in [3.05, 3.63) is 29.8 Å². The van der Waals surface area contributed by atoms with E-state index in [-0.39, 0.29) is 11.3 Å². The average molecular weight is 319 g/mol. The highest BCUT2D eigenvalue weighted by Gasteiger charge is 2.46. The number of halogens is 2. The number of rotatable bonds is 4. The first-order valence-corrected chi connectivity index (χ1v) is 7.77. The third-order valence-corrected chi connectivity index (χ3v) is 5.45. The predicted molar refractivity (Wildman–Crippen MR) is 70.6 cm³/mol. The molecule has 1 aliphatic rings. The maximum atomic E-state index is 12.8. The van der Waals surface area contributed by atoms with Crippen LogP contribution in [-0.4, -0.2) is 42.8 Å². The molecule has 21 heavy (non-hydrogen) atoms. The van der Waals surface area contributed by atoms with E-state index < -0.39 is 40.9 Å². The largest absolute Gasteiger partial charge is 0.480 e. The van der Waals surface area contributed by atoms with E-state index in [1.807, 2.05) is 0 Å². The van der Waals surface area contributed by atoms with Gasteiger partial charge in [0.05, 0.1) is 4.90 Å². The first kappa shape index (κ1) is 15.8. The average Bonchev–Trinajstić information content (AvgIpc) is 2.85. The first-order valence-electron chi connectivity index (χ1n) is 6.33. The van der Waals surface area contributed by atoms with Gasteiger partial charge in [-0.05, 0) is 25.5 Å². The molecule has 0 unspecified atom stereocenters. The molecule has 0 radical (unpaired) electrons. The SMILES string of the molecule is Cc1ccc(S(=O)(=O)N2C[C@H](C(F)F)C[C@H]2C(=O)O)cc1. The molecule has 0 aromatic heterocycles. The minimum Gasteiger partial charge on any atom is -0.480 e. The van der Waals surface area contributed by atoms with Crippen LogP contribution >= 0.6 is 0 Å². The molecule has 1 N–H and O–H groups in total. The van der Waals surface area contributed by atoms with Crippen molar-refractivity contribution in [3.63, 3.8) is 0 Å². The molecule has 1 aromatic carbocycles. The summed E-state index contributed by atoms with van der Waals surface area (Å²) < 4.78 is 51.1. The Morgan fingerprint density at radius 3 is 2.38 bits per heavy atom. The summed E-state index contributed by atoms with van der Waals surface area (Å²) in [6, 6.07) is 4.39. The van der Waals surface area contributed by atoms with Crippen LogP contribution in [0.15, 0.2) is 29.2 Å². The Hall–Kier alpha value is -1.54. The van der Waals surface area contributed by atoms with Gasteiger partial charge in [0.2, 0.25) is 16.4 Å². The number of sulfonamides is 1. The van der Waals surface area contributed by atoms with Gasteiger partial charge in [-0.15, -0.1) is 0 Å². The number of carbonyl (C=O) groups is 1. The lowest BCUT2D eigenvalue weighted by Gasteiger charge is -2.21. The number of nitrogens with zero attached hydrogens (tertiary/aromatic N) is 1. The van der Waals surface area contributed by atoms with Crippen LogP contribution in [-0.2, 0) is 14.8 Å². The van der Waals surface area contributed by atoms with E-state index in [1.54, 1.807) is 19.1 Å². The van der Waals surface area contributed by atoms with Gasteiger partial charge in [0, 0.05) is 12.5 Å². The van der Waals surface area contributed by atoms with Crippen LogP contribution in [0.5, 0.6) is 0 Å². The molecule has 8 heteroatoms. The van der Waals surface area contributed by atoms with Crippen molar-refractivity contribution in [2.45, 2.75) is 30.7 Å². The molecule has 1 heterocycles. The van der Waals surface area contributed by atoms with Crippen LogP contribution in [0.4, 0.5) is 8.78 Å². The first-order chi connectivity index (χ1) is 9.73. The number of carboxylic acids is 1. The normalized spacial score (nSPS) is 23.6. The second-order valence-electron chi connectivity index (χ2n) is 5.07. The summed E-state index contributed by atoms with van der Waals surface area (Å²) >= 11 is 0. The summed E-state index contributed by atoms with van der Waals surface area (Å²) in [5.74, 6) is -2.67. The molecule has 116 valence electrons. The highest BCUT2D eigenvalue weighted by atomic mass is 32.2. The molecule has 0 spiro atoms. The molecule has 1 aromatic rings. The van der Waals surface area contributed by atoms with Crippen LogP contribution in [0.25, 0.3) is 0 Å². The Kier molecular flexibility index (Phi) is 4.29. The van der Waals surface area contributed by atoms with Gasteiger partial charge in [-0.1, -0.05) is 17.7 Å². The Morgan fingerprint density at radius 2 is 1.90 bits per heavy atom. The van der Waals surface area contributed by atoms with E-state index in [0.29, 0.717) is 4.31 Å². The quantitative estimate of drug-likeness (QED) is 0.917. The monoisotopic (exact) mass is 319 g/mol. The van der Waals surface area contributed by atoms with E-state index >= 15 is 0 Å². The highest BCUT2D eigenvalue weighted by Crippen LogP contribution is 2.33. The van der Waals surface area contributed by atoms with Crippen LogP contribution < -0.4 is 0 Å². The fraction of sp³-hybridized carbons (Fsp3) is 0.462. The van der Waals surface area contributed by atoms with Crippen molar-refractivity contribution < 1.29 is 27.1 Å². The van der Waals surface area contributed by atoms with E-state index in [2.05, 4.69) is 0 Å². The number of hydrogen-bond donors (Lipinski definition) is 1. The predicted octanol–water partition coefficient (Wildman–Crippen LogP) is 1.72. The number of aliphatic carboxylic acids is 1. The van der Waals surface area contributed by atoms with Crippen molar-refractivity contribution in [2.75, 3.05) is 6.54 Å². The zero-order valence-electron chi connectivity index (χ0n) is 11.2. The second-order valence-corrected chi connectivity index (χ2v) is 6.96. The van der Waals surface area contributed by atoms with Gasteiger partial charge < -0.3 is 5.11 Å². The van der Waals surface area contributed by atoms with Crippen molar-refractivity contribution in [2.24, 2.45) is 5.92 Å². The summed E-state index contributed by atoms with van der Waals surface area (Å²) in [6.45, 7) is 1.30. The zero-order valence-corrected chi connectivity index (χ0v) is 12.1. The van der Waals surface area contributed by atoms with Crippen LogP contribution in [0.3, 0.4) is 0 Å². The lowest BCUT2D eigenvalue weighted by Crippen LogP contribution is -2.40. The number of hydrogen-bond acceptors (Lipinski definition) is 3. The van der Waals surface area contributed by atoms with E-state index in [9.17, 15) is 22.0 Å². The maximum Gasteiger partial charge on any atom is 0.322 e. The molecule has 1 saturated heterocycles. The highest BCUT2D eigenvalue weighted by molar-refractivity contribution is 7.89. The van der Waals surface area contributed by atoms with Crippen LogP contribution in [0, 0.1) is 12.8 Å². The Balaban J connectivity index is 2.37. The molecule has 1 aliphatic heterocycles. The molecule has 1 fully saturated rings. The van der Waals surface area contributed by atoms with E-state index in [1.165, 1.54) is 12.1 Å². The standard InChI is InChI=1S/C13H15F2NO4S/c1-8-2-4-10(5-3-8)21(19,20)16-7-9(12(14)15)6-11(16)13(17)18/h2-5,9,11-12H,6-7H2,1H3,(H,17,18)/t9-,11+/m1/s1. The third kappa shape index (κ3) is 3.06. The summed E-state index contributed by atoms with van der Waals surface area (Å²) in [5.41, 5.74) is 0.843. The molecule has 0 bridgehead atoms. The smallest absolute Gasteiger partial charge is 0.322 e. The van der Waals surface area contributed by atoms with Gasteiger partial charge in [0.15, 0.2) is 0 Å². The zero-order chi connectivity index (χ0) is 15.8. The van der Waals surface area contributed by atoms with Crippen molar-refractivity contribution >= 4 is 16.0 Å². The molecule has 0 aliphatic carbocycles. The minimum absolute atomic E-state index is 0.0886. The van der Waals surface area contributed by atoms with Gasteiger partial charge in [-0.25, -0.2) is 17.2 Å². The van der Waals surface area contributed by atoms with Crippen molar-refractivity contribution in [1.29, 1.82) is 0 Å². The minimum atomic E-state index is -4.10. The molecule has 2 rings (SSSR count). The summed E-state index contributed by atoms with van der Waals surface area (Å²) in [4.78, 5) is 11.1. The summed E-state index contributed by atoms with van der Waals surface area (Å²) in [5, 5.41) is 9.09. The van der Waals surface area contributed by atoms with Gasteiger partial charge >= 0.3 is 5.97 Å². The van der Waals surface area contributed by atoms with Crippen molar-refractivity contribution in [3.8, 4) is 0 Å². The topological polar surface area (TPSA) is 74.7 Å². The van der Waals surface area contributed by atoms with Crippen LogP contribution in [0.2, 0.25) is 0 Å². The Bertz CT molecular complexity index is 630. The molecule has 0 saturated carbocycles. The van der Waals surface area contributed by atoms with Gasteiger partial charge in [-0.3, -0.25) is 4.79 Å². The van der Waals surface area contributed by atoms with Gasteiger partial charge in [-0.2, -0.15) is 4.31 Å². The number of benzene rings is 1. The van der Waals surface area contributed by atoms with E-state index in [0.717, 1.165) is 5.56 Å².